The molecule has 1 aliphatic rings. The summed E-state index contributed by atoms with van der Waals surface area (Å²) in [6, 6.07) is 8.89. The maximum absolute atomic E-state index is 2.30. The Labute approximate surface area is 89.8 Å². The number of benzene rings is 1. The summed E-state index contributed by atoms with van der Waals surface area (Å²) in [5.41, 5.74) is 3.18. The molecule has 0 saturated heterocycles. The number of aryl methyl sites for hydroxylation is 1. The molecule has 0 aromatic heterocycles. The molecule has 1 atom stereocenters. The highest BCUT2D eigenvalue weighted by molar-refractivity contribution is 5.29. The zero-order valence-electron chi connectivity index (χ0n) is 9.72. The van der Waals surface area contributed by atoms with Crippen LogP contribution in [0.3, 0.4) is 0 Å². The van der Waals surface area contributed by atoms with E-state index in [2.05, 4.69) is 31.2 Å². The van der Waals surface area contributed by atoms with Gasteiger partial charge < -0.3 is 0 Å². The Morgan fingerprint density at radius 3 is 2.50 bits per heavy atom. The van der Waals surface area contributed by atoms with Crippen LogP contribution < -0.4 is 0 Å². The lowest BCUT2D eigenvalue weighted by Crippen LogP contribution is -2.12. The van der Waals surface area contributed by atoms with Crippen molar-refractivity contribution in [3.05, 3.63) is 35.4 Å². The van der Waals surface area contributed by atoms with Gasteiger partial charge in [0, 0.05) is 1.43 Å². The average Bonchev–Trinajstić information content (AvgIpc) is 2.31. The topological polar surface area (TPSA) is 0 Å². The predicted molar refractivity (Wildman–Crippen MR) is 65.7 cm³/mol. The van der Waals surface area contributed by atoms with Crippen molar-refractivity contribution >= 4 is 0 Å². The second-order valence-electron chi connectivity index (χ2n) is 3.79. The first-order chi connectivity index (χ1) is 6.90. The van der Waals surface area contributed by atoms with E-state index in [-0.39, 0.29) is 1.43 Å². The molecule has 0 fully saturated rings. The van der Waals surface area contributed by atoms with E-state index in [1.165, 1.54) is 25.7 Å². The Kier molecular flexibility index (Phi) is 4.72. The summed E-state index contributed by atoms with van der Waals surface area (Å²) in [5, 5.41) is 0. The highest BCUT2D eigenvalue weighted by Gasteiger charge is 2.15. The maximum Gasteiger partial charge on any atom is 0 e. The Morgan fingerprint density at radius 2 is 1.86 bits per heavy atom. The van der Waals surface area contributed by atoms with Crippen molar-refractivity contribution in [3.8, 4) is 0 Å². The van der Waals surface area contributed by atoms with Crippen LogP contribution in [0.5, 0.6) is 0 Å². The molecule has 0 heteroatoms. The minimum atomic E-state index is 0. The molecule has 0 aliphatic heterocycles. The summed E-state index contributed by atoms with van der Waals surface area (Å²) in [6.07, 6.45) is 5.35. The second-order valence-corrected chi connectivity index (χ2v) is 3.79. The van der Waals surface area contributed by atoms with E-state index in [9.17, 15) is 0 Å². The number of fused-ring (bicyclic) bond motifs is 1. The van der Waals surface area contributed by atoms with Gasteiger partial charge in [0.2, 0.25) is 0 Å². The monoisotopic (exact) mass is 193 g/mol. The third kappa shape index (κ3) is 2.60. The Morgan fingerprint density at radius 1 is 1.21 bits per heavy atom. The van der Waals surface area contributed by atoms with Crippen LogP contribution in [-0.2, 0) is 12.8 Å². The lowest BCUT2D eigenvalue weighted by atomic mass is 9.83. The van der Waals surface area contributed by atoms with E-state index >= 15 is 0 Å². The lowest BCUT2D eigenvalue weighted by molar-refractivity contribution is 0.445. The van der Waals surface area contributed by atoms with Crippen molar-refractivity contribution < 1.29 is 1.43 Å². The molecule has 1 unspecified atom stereocenters. The van der Waals surface area contributed by atoms with Gasteiger partial charge in [-0.3, -0.25) is 0 Å². The van der Waals surface area contributed by atoms with E-state index in [1.54, 1.807) is 11.1 Å². The van der Waals surface area contributed by atoms with Gasteiger partial charge >= 0.3 is 0 Å². The van der Waals surface area contributed by atoms with Crippen LogP contribution in [0.15, 0.2) is 24.3 Å². The quantitative estimate of drug-likeness (QED) is 0.617. The van der Waals surface area contributed by atoms with Crippen molar-refractivity contribution in [2.24, 2.45) is 5.92 Å². The van der Waals surface area contributed by atoms with Gasteiger partial charge in [-0.05, 0) is 36.3 Å². The van der Waals surface area contributed by atoms with E-state index in [0.717, 1.165) is 5.92 Å². The standard InChI is InChI=1S/C12H16.C2H6.H2/c1-2-10-7-8-11-5-3-4-6-12(11)9-10;1-2;/h3-6,10H,2,7-9H2,1H3;1-2H3;1H/i;;1+1. The zero-order valence-corrected chi connectivity index (χ0v) is 9.72. The van der Waals surface area contributed by atoms with Crippen LogP contribution in [0, 0.1) is 5.92 Å². The van der Waals surface area contributed by atoms with Crippen molar-refractivity contribution in [2.75, 3.05) is 0 Å². The average molecular weight is 193 g/mol. The van der Waals surface area contributed by atoms with Crippen LogP contribution in [0.4, 0.5) is 0 Å². The lowest BCUT2D eigenvalue weighted by Gasteiger charge is -2.23. The van der Waals surface area contributed by atoms with E-state index in [4.69, 9.17) is 0 Å². The summed E-state index contributed by atoms with van der Waals surface area (Å²) in [7, 11) is 0. The predicted octanol–water partition coefficient (Wildman–Crippen LogP) is 4.47. The highest BCUT2D eigenvalue weighted by atomic mass is 14.2. The largest absolute Gasteiger partial charge is 0.0683 e. The van der Waals surface area contributed by atoms with Crippen molar-refractivity contribution in [1.29, 1.82) is 0 Å². The molecule has 1 aromatic carbocycles. The van der Waals surface area contributed by atoms with Gasteiger partial charge in [-0.15, -0.1) is 0 Å². The van der Waals surface area contributed by atoms with E-state index in [0.29, 0.717) is 0 Å². The van der Waals surface area contributed by atoms with Gasteiger partial charge in [0.25, 0.3) is 0 Å². The molecule has 14 heavy (non-hydrogen) atoms. The normalized spacial score (nSPS) is 19.2. The summed E-state index contributed by atoms with van der Waals surface area (Å²) in [6.45, 7) is 6.30. The van der Waals surface area contributed by atoms with Crippen molar-refractivity contribution in [1.82, 2.24) is 0 Å². The molecule has 0 nitrogen and oxygen atoms in total. The van der Waals surface area contributed by atoms with Gasteiger partial charge in [-0.2, -0.15) is 0 Å². The first kappa shape index (κ1) is 11.3. The van der Waals surface area contributed by atoms with Gasteiger partial charge in [-0.25, -0.2) is 0 Å². The van der Waals surface area contributed by atoms with E-state index < -0.39 is 0 Å². The molecule has 0 saturated carbocycles. The highest BCUT2D eigenvalue weighted by Crippen LogP contribution is 2.26. The molecular formula is C14H24. The van der Waals surface area contributed by atoms with Crippen LogP contribution >= 0.6 is 0 Å². The Hall–Kier alpha value is -0.780. The zero-order chi connectivity index (χ0) is 10.4. The third-order valence-corrected chi connectivity index (χ3v) is 3.03. The fourth-order valence-electron chi connectivity index (χ4n) is 2.12. The molecule has 2 rings (SSSR count). The summed E-state index contributed by atoms with van der Waals surface area (Å²) < 4.78 is 0. The minimum Gasteiger partial charge on any atom is -0.0683 e. The molecular weight excluding hydrogens is 168 g/mol. The maximum atomic E-state index is 2.30. The Balaban J connectivity index is 0.000000617. The minimum absolute atomic E-state index is 0. The summed E-state index contributed by atoms with van der Waals surface area (Å²) in [4.78, 5) is 0. The van der Waals surface area contributed by atoms with Crippen LogP contribution in [0.2, 0.25) is 0 Å². The number of hydrogen-bond donors (Lipinski definition) is 0. The van der Waals surface area contributed by atoms with E-state index in [1.807, 2.05) is 13.8 Å². The van der Waals surface area contributed by atoms with Crippen LogP contribution in [0.1, 0.15) is 46.2 Å². The first-order valence-electron chi connectivity index (χ1n) is 5.97. The Bertz CT molecular complexity index is 268. The number of rotatable bonds is 1. The SMILES string of the molecule is CC.CCC1CCc2ccccc2C1.[2HH]. The van der Waals surface area contributed by atoms with Crippen LogP contribution in [-0.4, -0.2) is 0 Å². The second kappa shape index (κ2) is 5.85. The molecule has 80 valence electrons. The molecule has 0 radical (unpaired) electrons. The molecule has 0 bridgehead atoms. The van der Waals surface area contributed by atoms with Crippen LogP contribution in [0.25, 0.3) is 0 Å². The summed E-state index contributed by atoms with van der Waals surface area (Å²) >= 11 is 0. The van der Waals surface area contributed by atoms with Gasteiger partial charge in [0.15, 0.2) is 0 Å². The fourth-order valence-corrected chi connectivity index (χ4v) is 2.12. The van der Waals surface area contributed by atoms with Crippen molar-refractivity contribution in [2.45, 2.75) is 46.5 Å². The molecule has 1 aliphatic carbocycles. The third-order valence-electron chi connectivity index (χ3n) is 3.03. The molecule has 1 aromatic rings. The molecule has 0 amide bonds. The van der Waals surface area contributed by atoms with Gasteiger partial charge in [0.1, 0.15) is 0 Å². The number of hydrogen-bond acceptors (Lipinski definition) is 0. The van der Waals surface area contributed by atoms with Gasteiger partial charge in [-0.1, -0.05) is 51.5 Å². The molecule has 0 heterocycles. The summed E-state index contributed by atoms with van der Waals surface area (Å²) in [5.74, 6) is 0.944. The first-order valence-corrected chi connectivity index (χ1v) is 5.97. The van der Waals surface area contributed by atoms with Crippen molar-refractivity contribution in [3.63, 3.8) is 0 Å². The molecule has 0 N–H and O–H groups in total. The smallest absolute Gasteiger partial charge is 0 e. The van der Waals surface area contributed by atoms with Gasteiger partial charge in [0.05, 0.1) is 0 Å². The molecule has 0 spiro atoms. The fraction of sp³-hybridized carbons (Fsp3) is 0.571.